The topological polar surface area (TPSA) is 6.48 Å². The fourth-order valence-corrected chi connectivity index (χ4v) is 21.7. The SMILES string of the molecule is CC1(C)c2cc(-c3ccccc3)ccc2-c2ccc(N(c3cccc(-c4cccc(-c5cccc(-c6cccc7c(-c8c(N(c9ccc%10c(c9)C(C)(C)c9cc(-c%11ccccc%11)ccc9-%10)c9ccccc9-c9ccccc9)c9ccccc9c9ccccc89)cccc67)c5)c4)c3)c3c(-c4cccc(-c5cccc(-c6ccccc6)c5)c4)c4ccccc4c4ccccc34)cc21. The van der Waals surface area contributed by atoms with Crippen molar-refractivity contribution in [2.24, 2.45) is 0 Å². The lowest BCUT2D eigenvalue weighted by atomic mass is 9.81. The molecular formula is C128H90N2. The summed E-state index contributed by atoms with van der Waals surface area (Å²) in [6, 6.07) is 177. The van der Waals surface area contributed by atoms with Crippen molar-refractivity contribution in [1.29, 1.82) is 0 Å². The summed E-state index contributed by atoms with van der Waals surface area (Å²) in [5.74, 6) is 0. The van der Waals surface area contributed by atoms with Crippen molar-refractivity contribution in [3.63, 3.8) is 0 Å². The van der Waals surface area contributed by atoms with Crippen molar-refractivity contribution < 1.29 is 0 Å². The smallest absolute Gasteiger partial charge is 0.0625 e. The van der Waals surface area contributed by atoms with Crippen LogP contribution in [0.15, 0.2) is 473 Å². The van der Waals surface area contributed by atoms with Gasteiger partial charge in [0.15, 0.2) is 0 Å². The quantitative estimate of drug-likeness (QED) is 0.0890. The van der Waals surface area contributed by atoms with Crippen LogP contribution in [0.3, 0.4) is 0 Å². The summed E-state index contributed by atoms with van der Waals surface area (Å²) in [5.41, 5.74) is 39.7. The summed E-state index contributed by atoms with van der Waals surface area (Å²) in [5, 5.41) is 11.9. The largest absolute Gasteiger partial charge is 0.309 e. The van der Waals surface area contributed by atoms with Crippen molar-refractivity contribution in [2.75, 3.05) is 9.80 Å². The molecule has 0 radical (unpaired) electrons. The highest BCUT2D eigenvalue weighted by Crippen LogP contribution is 2.59. The first kappa shape index (κ1) is 77.3. The second kappa shape index (κ2) is 31.4. The molecule has 0 saturated heterocycles. The highest BCUT2D eigenvalue weighted by atomic mass is 15.2. The Morgan fingerprint density at radius 1 is 0.146 bits per heavy atom. The van der Waals surface area contributed by atoms with Gasteiger partial charge in [-0.15, -0.1) is 0 Å². The highest BCUT2D eigenvalue weighted by Gasteiger charge is 2.40. The molecule has 0 fully saturated rings. The van der Waals surface area contributed by atoms with E-state index in [0.717, 1.165) is 95.1 Å². The number of nitrogens with zero attached hydrogens (tertiary/aromatic N) is 2. The third kappa shape index (κ3) is 13.0. The van der Waals surface area contributed by atoms with Crippen LogP contribution in [-0.2, 0) is 10.8 Å². The van der Waals surface area contributed by atoms with Crippen LogP contribution in [-0.4, -0.2) is 0 Å². The van der Waals surface area contributed by atoms with Gasteiger partial charge in [0.05, 0.1) is 17.1 Å². The molecule has 0 N–H and O–H groups in total. The van der Waals surface area contributed by atoms with Gasteiger partial charge in [0.25, 0.3) is 0 Å². The standard InChI is InChI=1S/C128H90N2/c1-127(2)118-79-94(84-36-11-6-12-37-84)66-70-109(118)111-72-68-99(81-120(111)127)129(125-116-59-23-19-55-107(116)104-53-17-21-57-113(104)123(125)97-50-30-47-92(77-97)88-43-27-42-87(74-88)83-34-9-5-10-35-83)98-51-31-48-93(78-98)90-45-28-44-89(75-90)91-46-29-49-96(76-91)101-61-32-63-106-103(101)62-33-64-115(106)124-114-58-22-18-54-105(114)108-56-20-24-60-117(108)126(124)130(122-65-26-25-52-102(122)86-40-15-8-16-41-86)100-69-73-112-110-71-67-95(85-38-13-7-14-39-85)80-119(110)128(3,4)121(112)82-100/h5-82H,1-4H3. The van der Waals surface area contributed by atoms with Crippen molar-refractivity contribution in [1.82, 2.24) is 0 Å². The first-order valence-electron chi connectivity index (χ1n) is 45.4. The van der Waals surface area contributed by atoms with Gasteiger partial charge in [-0.25, -0.2) is 0 Å². The van der Waals surface area contributed by atoms with E-state index in [-0.39, 0.29) is 10.8 Å². The summed E-state index contributed by atoms with van der Waals surface area (Å²) in [7, 11) is 0. The van der Waals surface area contributed by atoms with Gasteiger partial charge in [-0.05, 0) is 261 Å². The maximum atomic E-state index is 2.61. The molecule has 0 atom stereocenters. The van der Waals surface area contributed by atoms with E-state index in [1.165, 1.54) is 149 Å². The molecule has 0 saturated carbocycles. The van der Waals surface area contributed by atoms with Gasteiger partial charge >= 0.3 is 0 Å². The van der Waals surface area contributed by atoms with E-state index in [1.54, 1.807) is 0 Å². The van der Waals surface area contributed by atoms with Gasteiger partial charge in [-0.3, -0.25) is 0 Å². The molecule has 2 aliphatic rings. The van der Waals surface area contributed by atoms with Crippen LogP contribution >= 0.6 is 0 Å². The molecule has 2 nitrogen and oxygen atoms in total. The Bertz CT molecular complexity index is 8280. The van der Waals surface area contributed by atoms with Crippen LogP contribution < -0.4 is 9.80 Å². The lowest BCUT2D eigenvalue weighted by Crippen LogP contribution is -2.17. The van der Waals surface area contributed by atoms with Crippen LogP contribution in [0.4, 0.5) is 34.1 Å². The molecule has 0 amide bonds. The average Bonchev–Trinajstić information content (AvgIpc) is 1.10. The Hall–Kier alpha value is -16.3. The molecule has 0 spiro atoms. The monoisotopic (exact) mass is 1650 g/mol. The second-order valence-electron chi connectivity index (χ2n) is 36.1. The third-order valence-electron chi connectivity index (χ3n) is 28.0. The number of fused-ring (bicyclic) bond motifs is 13. The van der Waals surface area contributed by atoms with E-state index in [2.05, 4.69) is 511 Å². The zero-order valence-electron chi connectivity index (χ0n) is 72.9. The minimum absolute atomic E-state index is 0.313. The Kier molecular flexibility index (Phi) is 18.7. The van der Waals surface area contributed by atoms with Gasteiger partial charge in [-0.2, -0.15) is 0 Å². The molecule has 0 bridgehead atoms. The lowest BCUT2D eigenvalue weighted by molar-refractivity contribution is 0.660. The second-order valence-corrected chi connectivity index (χ2v) is 36.1. The van der Waals surface area contributed by atoms with Gasteiger partial charge in [0.1, 0.15) is 0 Å². The number of anilines is 6. The van der Waals surface area contributed by atoms with Gasteiger partial charge < -0.3 is 9.80 Å². The molecule has 0 heterocycles. The number of benzene rings is 22. The lowest BCUT2D eigenvalue weighted by Gasteiger charge is -2.33. The Morgan fingerprint density at radius 3 is 0.923 bits per heavy atom. The fourth-order valence-electron chi connectivity index (χ4n) is 21.7. The van der Waals surface area contributed by atoms with Crippen LogP contribution in [0.1, 0.15) is 49.9 Å². The van der Waals surface area contributed by atoms with Crippen LogP contribution in [0.5, 0.6) is 0 Å². The molecule has 22 aromatic rings. The summed E-state index contributed by atoms with van der Waals surface area (Å²) in [6.07, 6.45) is 0. The Labute approximate surface area is 759 Å². The van der Waals surface area contributed by atoms with E-state index in [1.807, 2.05) is 0 Å². The molecule has 24 rings (SSSR count). The number of hydrogen-bond acceptors (Lipinski definition) is 2. The van der Waals surface area contributed by atoms with Crippen LogP contribution in [0, 0.1) is 0 Å². The minimum Gasteiger partial charge on any atom is -0.309 e. The predicted molar refractivity (Wildman–Crippen MR) is 553 cm³/mol. The summed E-state index contributed by atoms with van der Waals surface area (Å²) < 4.78 is 0. The van der Waals surface area contributed by atoms with Crippen LogP contribution in [0.2, 0.25) is 0 Å². The molecule has 0 unspecified atom stereocenters. The Morgan fingerprint density at radius 2 is 0.431 bits per heavy atom. The average molecular weight is 1660 g/mol. The van der Waals surface area contributed by atoms with E-state index < -0.39 is 0 Å². The zero-order valence-corrected chi connectivity index (χ0v) is 72.9. The fraction of sp³-hybridized carbons (Fsp3) is 0.0469. The molecule has 22 aromatic carbocycles. The van der Waals surface area contributed by atoms with E-state index in [9.17, 15) is 0 Å². The number of rotatable bonds is 16. The highest BCUT2D eigenvalue weighted by molar-refractivity contribution is 6.26. The molecule has 2 aliphatic carbocycles. The summed E-state index contributed by atoms with van der Waals surface area (Å²) in [4.78, 5) is 5.20. The molecule has 0 aliphatic heterocycles. The first-order valence-corrected chi connectivity index (χ1v) is 45.4. The number of para-hydroxylation sites is 1. The molecule has 0 aromatic heterocycles. The van der Waals surface area contributed by atoms with E-state index in [4.69, 9.17) is 0 Å². The van der Waals surface area contributed by atoms with Gasteiger partial charge in [0, 0.05) is 55.4 Å². The van der Waals surface area contributed by atoms with Gasteiger partial charge in [-0.1, -0.05) is 422 Å². The minimum atomic E-state index is -0.326. The van der Waals surface area contributed by atoms with Crippen molar-refractivity contribution >= 4 is 88.0 Å². The number of hydrogen-bond donors (Lipinski definition) is 0. The van der Waals surface area contributed by atoms with Gasteiger partial charge in [0.2, 0.25) is 0 Å². The third-order valence-corrected chi connectivity index (χ3v) is 28.0. The van der Waals surface area contributed by atoms with Crippen molar-refractivity contribution in [3.8, 4) is 134 Å². The summed E-state index contributed by atoms with van der Waals surface area (Å²) in [6.45, 7) is 9.66. The molecular weight excluding hydrogens is 1570 g/mol. The maximum absolute atomic E-state index is 2.61. The molecule has 2 heteroatoms. The zero-order chi connectivity index (χ0) is 86.7. The molecule has 130 heavy (non-hydrogen) atoms. The van der Waals surface area contributed by atoms with Crippen molar-refractivity contribution in [3.05, 3.63) is 495 Å². The van der Waals surface area contributed by atoms with Crippen molar-refractivity contribution in [2.45, 2.75) is 38.5 Å². The maximum Gasteiger partial charge on any atom is 0.0625 e. The molecule has 612 valence electrons. The van der Waals surface area contributed by atoms with E-state index in [0.29, 0.717) is 0 Å². The summed E-state index contributed by atoms with van der Waals surface area (Å²) >= 11 is 0. The normalized spacial score (nSPS) is 12.7. The predicted octanol–water partition coefficient (Wildman–Crippen LogP) is 35.7. The Balaban J connectivity index is 0.646. The van der Waals surface area contributed by atoms with E-state index >= 15 is 0 Å². The van der Waals surface area contributed by atoms with Crippen LogP contribution in [0.25, 0.3) is 187 Å². The first-order chi connectivity index (χ1) is 64.0.